The third-order valence-corrected chi connectivity index (χ3v) is 3.10. The topological polar surface area (TPSA) is 91.8 Å². The van der Waals surface area contributed by atoms with Crippen molar-refractivity contribution in [1.29, 1.82) is 0 Å². The zero-order valence-corrected chi connectivity index (χ0v) is 11.4. The van der Waals surface area contributed by atoms with Crippen LogP contribution in [0.15, 0.2) is 17.2 Å². The van der Waals surface area contributed by atoms with E-state index in [9.17, 15) is 0 Å². The second kappa shape index (κ2) is 5.41. The zero-order chi connectivity index (χ0) is 13.9. The van der Waals surface area contributed by atoms with Crippen LogP contribution in [0.25, 0.3) is 11.2 Å². The summed E-state index contributed by atoms with van der Waals surface area (Å²) in [7, 11) is 1.54. The van der Waals surface area contributed by atoms with Crippen molar-refractivity contribution in [3.63, 3.8) is 0 Å². The molecule has 0 aliphatic heterocycles. The zero-order valence-electron chi connectivity index (χ0n) is 10.7. The summed E-state index contributed by atoms with van der Waals surface area (Å²) in [6, 6.07) is 0. The molecule has 0 fully saturated rings. The molecule has 8 nitrogen and oxygen atoms in total. The summed E-state index contributed by atoms with van der Waals surface area (Å²) in [4.78, 5) is 16.7. The summed E-state index contributed by atoms with van der Waals surface area (Å²) in [5.74, 6) is 2.02. The second-order valence-corrected chi connectivity index (χ2v) is 4.23. The lowest BCUT2D eigenvalue weighted by atomic mass is 10.4. The Bertz CT molecular complexity index is 711. The molecule has 0 aliphatic rings. The Morgan fingerprint density at radius 1 is 1.35 bits per heavy atom. The van der Waals surface area contributed by atoms with Gasteiger partial charge in [-0.3, -0.25) is 0 Å². The van der Waals surface area contributed by atoms with E-state index in [1.54, 1.807) is 7.11 Å². The van der Waals surface area contributed by atoms with E-state index in [4.69, 9.17) is 20.9 Å². The highest BCUT2D eigenvalue weighted by atomic mass is 35.5. The van der Waals surface area contributed by atoms with Gasteiger partial charge in [0, 0.05) is 13.0 Å². The first-order chi connectivity index (χ1) is 9.83. The van der Waals surface area contributed by atoms with E-state index < -0.39 is 0 Å². The van der Waals surface area contributed by atoms with Gasteiger partial charge in [0.2, 0.25) is 12.3 Å². The van der Waals surface area contributed by atoms with Gasteiger partial charge in [0.05, 0.1) is 13.0 Å². The van der Waals surface area contributed by atoms with Gasteiger partial charge in [-0.2, -0.15) is 9.97 Å². The van der Waals surface area contributed by atoms with Gasteiger partial charge in [-0.25, -0.2) is 9.97 Å². The van der Waals surface area contributed by atoms with Crippen LogP contribution in [0.5, 0.6) is 5.88 Å². The number of imidazole rings is 1. The molecule has 3 aromatic heterocycles. The molecule has 0 amide bonds. The largest absolute Gasteiger partial charge is 0.479 e. The van der Waals surface area contributed by atoms with Gasteiger partial charge in [0.1, 0.15) is 12.2 Å². The van der Waals surface area contributed by atoms with E-state index >= 15 is 0 Å². The van der Waals surface area contributed by atoms with E-state index in [-0.39, 0.29) is 5.88 Å². The number of ether oxygens (including phenoxy) is 1. The van der Waals surface area contributed by atoms with Gasteiger partial charge in [-0.05, 0) is 0 Å². The van der Waals surface area contributed by atoms with Crippen LogP contribution in [0.1, 0.15) is 11.6 Å². The van der Waals surface area contributed by atoms with Crippen molar-refractivity contribution in [2.45, 2.75) is 18.8 Å². The minimum atomic E-state index is 0.270. The fourth-order valence-corrected chi connectivity index (χ4v) is 2.17. The second-order valence-electron chi connectivity index (χ2n) is 3.97. The Hall–Kier alpha value is -2.22. The van der Waals surface area contributed by atoms with Crippen molar-refractivity contribution >= 4 is 22.8 Å². The predicted molar refractivity (Wildman–Crippen MR) is 69.4 cm³/mol. The highest BCUT2D eigenvalue weighted by Crippen LogP contribution is 2.22. The Labute approximate surface area is 118 Å². The number of methoxy groups -OCH3 is 1. The minimum absolute atomic E-state index is 0.270. The maximum absolute atomic E-state index is 5.94. The summed E-state index contributed by atoms with van der Waals surface area (Å²) in [6.45, 7) is 0.595. The molecule has 0 spiro atoms. The van der Waals surface area contributed by atoms with Crippen LogP contribution >= 0.6 is 11.6 Å². The van der Waals surface area contributed by atoms with Crippen LogP contribution in [0.3, 0.4) is 0 Å². The standard InChI is InChI=1S/C11H11ClN6O2/c1-19-11-9-10(13-5-14-11)18(8(4-12)16-9)3-2-7-15-6-20-17-7/h5-6H,2-4H2,1H3. The molecule has 3 aromatic rings. The van der Waals surface area contributed by atoms with Crippen molar-refractivity contribution in [2.24, 2.45) is 0 Å². The molecule has 20 heavy (non-hydrogen) atoms. The number of fused-ring (bicyclic) bond motifs is 1. The number of aryl methyl sites for hydroxylation is 2. The molecule has 104 valence electrons. The molecule has 0 radical (unpaired) electrons. The van der Waals surface area contributed by atoms with E-state index in [0.29, 0.717) is 41.7 Å². The van der Waals surface area contributed by atoms with E-state index in [0.717, 1.165) is 0 Å². The molecule has 3 heterocycles. The first-order valence-electron chi connectivity index (χ1n) is 5.88. The molecular weight excluding hydrogens is 284 g/mol. The first-order valence-corrected chi connectivity index (χ1v) is 6.42. The molecule has 0 bridgehead atoms. The molecule has 0 saturated carbocycles. The highest BCUT2D eigenvalue weighted by Gasteiger charge is 2.16. The molecular formula is C11H11ClN6O2. The first kappa shape index (κ1) is 12.8. The van der Waals surface area contributed by atoms with Crippen LogP contribution in [0.4, 0.5) is 0 Å². The lowest BCUT2D eigenvalue weighted by molar-refractivity contribution is 0.401. The van der Waals surface area contributed by atoms with E-state index in [1.807, 2.05) is 4.57 Å². The lowest BCUT2D eigenvalue weighted by Crippen LogP contribution is -2.07. The third-order valence-electron chi connectivity index (χ3n) is 2.86. The van der Waals surface area contributed by atoms with Crippen LogP contribution < -0.4 is 4.74 Å². The summed E-state index contributed by atoms with van der Waals surface area (Å²) < 4.78 is 11.8. The van der Waals surface area contributed by atoms with Crippen LogP contribution in [-0.4, -0.2) is 36.8 Å². The molecule has 0 saturated heterocycles. The number of hydrogen-bond donors (Lipinski definition) is 0. The summed E-state index contributed by atoms with van der Waals surface area (Å²) in [5.41, 5.74) is 1.27. The normalized spacial score (nSPS) is 11.1. The van der Waals surface area contributed by atoms with Gasteiger partial charge in [0.15, 0.2) is 17.0 Å². The minimum Gasteiger partial charge on any atom is -0.479 e. The fourth-order valence-electron chi connectivity index (χ4n) is 1.96. The van der Waals surface area contributed by atoms with Crippen molar-refractivity contribution in [3.8, 4) is 5.88 Å². The number of nitrogens with zero attached hydrogens (tertiary/aromatic N) is 6. The monoisotopic (exact) mass is 294 g/mol. The molecule has 0 unspecified atom stereocenters. The van der Waals surface area contributed by atoms with E-state index in [2.05, 4.69) is 25.1 Å². The maximum Gasteiger partial charge on any atom is 0.245 e. The maximum atomic E-state index is 5.94. The SMILES string of the molecule is COc1ncnc2c1nc(CCl)n2CCc1ncon1. The smallest absolute Gasteiger partial charge is 0.245 e. The predicted octanol–water partition coefficient (Wildman–Crippen LogP) is 1.20. The fraction of sp³-hybridized carbons (Fsp3) is 0.364. The summed E-state index contributed by atoms with van der Waals surface area (Å²) >= 11 is 5.94. The number of rotatable bonds is 5. The van der Waals surface area contributed by atoms with Crippen LogP contribution in [0.2, 0.25) is 0 Å². The molecule has 0 aromatic carbocycles. The molecule has 0 N–H and O–H groups in total. The number of aromatic nitrogens is 6. The molecule has 0 aliphatic carbocycles. The highest BCUT2D eigenvalue weighted by molar-refractivity contribution is 6.16. The van der Waals surface area contributed by atoms with Gasteiger partial charge in [-0.15, -0.1) is 11.6 Å². The quantitative estimate of drug-likeness (QED) is 0.653. The average Bonchev–Trinajstić information content (AvgIpc) is 3.11. The summed E-state index contributed by atoms with van der Waals surface area (Å²) in [6.07, 6.45) is 3.33. The van der Waals surface area contributed by atoms with Crippen LogP contribution in [-0.2, 0) is 18.8 Å². The van der Waals surface area contributed by atoms with E-state index in [1.165, 1.54) is 12.7 Å². The van der Waals surface area contributed by atoms with Gasteiger partial charge in [0.25, 0.3) is 0 Å². The molecule has 3 rings (SSSR count). The molecule has 0 atom stereocenters. The average molecular weight is 295 g/mol. The number of alkyl halides is 1. The summed E-state index contributed by atoms with van der Waals surface area (Å²) in [5, 5.41) is 3.77. The van der Waals surface area contributed by atoms with Gasteiger partial charge in [-0.1, -0.05) is 5.16 Å². The Morgan fingerprint density at radius 3 is 2.95 bits per heavy atom. The Balaban J connectivity index is 1.99. The number of halogens is 1. The van der Waals surface area contributed by atoms with Crippen molar-refractivity contribution in [3.05, 3.63) is 24.4 Å². The Kier molecular flexibility index (Phi) is 3.46. The number of hydrogen-bond acceptors (Lipinski definition) is 7. The van der Waals surface area contributed by atoms with Crippen molar-refractivity contribution in [2.75, 3.05) is 7.11 Å². The van der Waals surface area contributed by atoms with Gasteiger partial charge >= 0.3 is 0 Å². The van der Waals surface area contributed by atoms with Crippen LogP contribution in [0, 0.1) is 0 Å². The third kappa shape index (κ3) is 2.18. The van der Waals surface area contributed by atoms with Crippen molar-refractivity contribution < 1.29 is 9.26 Å². The van der Waals surface area contributed by atoms with Gasteiger partial charge < -0.3 is 13.8 Å². The molecule has 9 heteroatoms. The lowest BCUT2D eigenvalue weighted by Gasteiger charge is -2.04. The Morgan fingerprint density at radius 2 is 2.25 bits per heavy atom. The van der Waals surface area contributed by atoms with Crippen molar-refractivity contribution in [1.82, 2.24) is 29.7 Å².